The molecule has 142 valence electrons. The molecule has 0 fully saturated rings. The fraction of sp³-hybridized carbons (Fsp3) is 0.211. The van der Waals surface area contributed by atoms with Crippen molar-refractivity contribution in [2.75, 3.05) is 26.0 Å². The first kappa shape index (κ1) is 19.5. The lowest BCUT2D eigenvalue weighted by atomic mass is 10.0. The predicted octanol–water partition coefficient (Wildman–Crippen LogP) is 2.36. The van der Waals surface area contributed by atoms with Gasteiger partial charge in [-0.05, 0) is 49.1 Å². The molecule has 0 aliphatic heterocycles. The van der Waals surface area contributed by atoms with Gasteiger partial charge in [0, 0.05) is 11.9 Å². The van der Waals surface area contributed by atoms with Gasteiger partial charge in [-0.1, -0.05) is 23.7 Å². The van der Waals surface area contributed by atoms with Gasteiger partial charge in [-0.25, -0.2) is 0 Å². The average Bonchev–Trinajstić information content (AvgIpc) is 2.67. The third-order valence-corrected chi connectivity index (χ3v) is 4.55. The van der Waals surface area contributed by atoms with Crippen molar-refractivity contribution in [2.24, 2.45) is 5.73 Å². The number of nitrogens with two attached hydrogens (primary N) is 1. The van der Waals surface area contributed by atoms with E-state index in [0.717, 1.165) is 5.56 Å². The lowest BCUT2D eigenvalue weighted by molar-refractivity contribution is 0.100. The number of primary amides is 1. The molecule has 0 saturated heterocycles. The Bertz CT molecular complexity index is 1080. The van der Waals surface area contributed by atoms with E-state index in [1.165, 1.54) is 0 Å². The lowest BCUT2D eigenvalue weighted by Crippen LogP contribution is -2.26. The Kier molecular flexibility index (Phi) is 5.68. The standard InChI is InChI=1S/C19H18ClN7O/c1-27(2)10-16(11-6-7-15(20)12(8-11)9-21)23-19-14-5-3-4-13(18(22)28)17(14)24-26-25-19/h3-8,16H,10H2,1-2H3,(H2,22,28)(H,23,24,25). The van der Waals surface area contributed by atoms with Crippen LogP contribution in [0.4, 0.5) is 5.82 Å². The summed E-state index contributed by atoms with van der Waals surface area (Å²) in [6, 6.07) is 12.3. The maximum Gasteiger partial charge on any atom is 0.250 e. The van der Waals surface area contributed by atoms with E-state index in [9.17, 15) is 10.1 Å². The Hall–Kier alpha value is -3.28. The van der Waals surface area contributed by atoms with Crippen LogP contribution >= 0.6 is 11.6 Å². The Morgan fingerprint density at radius 3 is 2.79 bits per heavy atom. The Labute approximate surface area is 166 Å². The highest BCUT2D eigenvalue weighted by atomic mass is 35.5. The minimum absolute atomic E-state index is 0.212. The van der Waals surface area contributed by atoms with Crippen molar-refractivity contribution in [3.05, 3.63) is 58.1 Å². The third-order valence-electron chi connectivity index (χ3n) is 4.22. The quantitative estimate of drug-likeness (QED) is 0.657. The SMILES string of the molecule is CN(C)CC(Nc1nnnc2c(C(N)=O)cccc12)c1ccc(Cl)c(C#N)c1. The number of anilines is 1. The number of benzene rings is 2. The van der Waals surface area contributed by atoms with Crippen LogP contribution in [0.25, 0.3) is 10.9 Å². The molecule has 28 heavy (non-hydrogen) atoms. The fourth-order valence-corrected chi connectivity index (χ4v) is 3.08. The van der Waals surface area contributed by atoms with Crippen molar-refractivity contribution in [2.45, 2.75) is 6.04 Å². The van der Waals surface area contributed by atoms with Gasteiger partial charge < -0.3 is 16.0 Å². The van der Waals surface area contributed by atoms with Crippen LogP contribution in [-0.4, -0.2) is 46.9 Å². The summed E-state index contributed by atoms with van der Waals surface area (Å²) < 4.78 is 0. The highest BCUT2D eigenvalue weighted by Crippen LogP contribution is 2.27. The molecule has 1 aromatic heterocycles. The van der Waals surface area contributed by atoms with Gasteiger partial charge in [-0.15, -0.1) is 10.2 Å². The number of rotatable bonds is 6. The first-order chi connectivity index (χ1) is 13.4. The van der Waals surface area contributed by atoms with Crippen molar-refractivity contribution in [1.82, 2.24) is 20.3 Å². The van der Waals surface area contributed by atoms with Gasteiger partial charge >= 0.3 is 0 Å². The van der Waals surface area contributed by atoms with E-state index >= 15 is 0 Å². The molecule has 0 aliphatic carbocycles. The van der Waals surface area contributed by atoms with Crippen molar-refractivity contribution in [3.8, 4) is 6.07 Å². The first-order valence-corrected chi connectivity index (χ1v) is 8.81. The predicted molar refractivity (Wildman–Crippen MR) is 107 cm³/mol. The number of fused-ring (bicyclic) bond motifs is 1. The highest BCUT2D eigenvalue weighted by Gasteiger charge is 2.18. The largest absolute Gasteiger partial charge is 0.366 e. The minimum Gasteiger partial charge on any atom is -0.366 e. The van der Waals surface area contributed by atoms with Crippen LogP contribution in [0.1, 0.15) is 27.5 Å². The number of halogens is 1. The van der Waals surface area contributed by atoms with E-state index in [1.54, 1.807) is 30.3 Å². The molecular weight excluding hydrogens is 378 g/mol. The molecule has 9 heteroatoms. The van der Waals surface area contributed by atoms with Crippen LogP contribution in [-0.2, 0) is 0 Å². The van der Waals surface area contributed by atoms with Gasteiger partial charge in [-0.2, -0.15) is 5.26 Å². The summed E-state index contributed by atoms with van der Waals surface area (Å²) in [6.45, 7) is 0.619. The van der Waals surface area contributed by atoms with Crippen molar-refractivity contribution < 1.29 is 4.79 Å². The molecule has 3 aromatic rings. The number of nitriles is 1. The van der Waals surface area contributed by atoms with Crippen molar-refractivity contribution in [1.29, 1.82) is 5.26 Å². The summed E-state index contributed by atoms with van der Waals surface area (Å²) in [5.74, 6) is -0.119. The number of hydrogen-bond acceptors (Lipinski definition) is 7. The normalized spacial score (nSPS) is 12.0. The van der Waals surface area contributed by atoms with Gasteiger partial charge in [0.15, 0.2) is 5.82 Å². The average molecular weight is 396 g/mol. The van der Waals surface area contributed by atoms with Crippen molar-refractivity contribution >= 4 is 34.2 Å². The van der Waals surface area contributed by atoms with Gasteiger partial charge in [0.05, 0.1) is 22.2 Å². The molecule has 0 spiro atoms. The van der Waals surface area contributed by atoms with E-state index in [-0.39, 0.29) is 11.6 Å². The minimum atomic E-state index is -0.585. The second-order valence-electron chi connectivity index (χ2n) is 6.51. The Morgan fingerprint density at radius 2 is 2.11 bits per heavy atom. The van der Waals surface area contributed by atoms with Gasteiger partial charge in [0.1, 0.15) is 11.6 Å². The summed E-state index contributed by atoms with van der Waals surface area (Å²) in [5.41, 5.74) is 7.36. The van der Waals surface area contributed by atoms with E-state index in [2.05, 4.69) is 26.8 Å². The molecular formula is C19H18ClN7O. The fourth-order valence-electron chi connectivity index (χ4n) is 2.92. The van der Waals surface area contributed by atoms with Crippen LogP contribution in [0.5, 0.6) is 0 Å². The highest BCUT2D eigenvalue weighted by molar-refractivity contribution is 6.31. The zero-order valence-electron chi connectivity index (χ0n) is 15.3. The van der Waals surface area contributed by atoms with E-state index in [1.807, 2.05) is 25.1 Å². The number of likely N-dealkylation sites (N-methyl/N-ethyl adjacent to an activating group) is 1. The summed E-state index contributed by atoms with van der Waals surface area (Å²) in [4.78, 5) is 13.7. The number of aromatic nitrogens is 3. The van der Waals surface area contributed by atoms with E-state index in [4.69, 9.17) is 17.3 Å². The number of amides is 1. The molecule has 8 nitrogen and oxygen atoms in total. The molecule has 1 atom stereocenters. The number of hydrogen-bond donors (Lipinski definition) is 2. The van der Waals surface area contributed by atoms with Gasteiger partial charge in [0.2, 0.25) is 0 Å². The molecule has 1 unspecified atom stereocenters. The van der Waals surface area contributed by atoms with Gasteiger partial charge in [-0.3, -0.25) is 4.79 Å². The molecule has 2 aromatic carbocycles. The summed E-state index contributed by atoms with van der Waals surface area (Å²) in [6.07, 6.45) is 0. The van der Waals surface area contributed by atoms with Gasteiger partial charge in [0.25, 0.3) is 5.91 Å². The summed E-state index contributed by atoms with van der Waals surface area (Å²) in [7, 11) is 3.88. The molecule has 1 amide bonds. The topological polar surface area (TPSA) is 121 Å². The Balaban J connectivity index is 2.06. The zero-order valence-corrected chi connectivity index (χ0v) is 16.1. The van der Waals surface area contributed by atoms with Crippen LogP contribution in [0.15, 0.2) is 36.4 Å². The number of nitrogens with one attached hydrogen (secondary N) is 1. The number of carbonyl (C=O) groups excluding carboxylic acids is 1. The molecule has 0 radical (unpaired) electrons. The monoisotopic (exact) mass is 395 g/mol. The lowest BCUT2D eigenvalue weighted by Gasteiger charge is -2.24. The second-order valence-corrected chi connectivity index (χ2v) is 6.92. The Morgan fingerprint density at radius 1 is 1.32 bits per heavy atom. The molecule has 3 rings (SSSR count). The first-order valence-electron chi connectivity index (χ1n) is 8.43. The number of carbonyl (C=O) groups is 1. The molecule has 3 N–H and O–H groups in total. The molecule has 0 saturated carbocycles. The van der Waals surface area contributed by atoms with Crippen LogP contribution in [0.3, 0.4) is 0 Å². The molecule has 0 bridgehead atoms. The van der Waals surface area contributed by atoms with E-state index in [0.29, 0.717) is 33.9 Å². The second kappa shape index (κ2) is 8.17. The maximum atomic E-state index is 11.7. The summed E-state index contributed by atoms with van der Waals surface area (Å²) >= 11 is 6.06. The smallest absolute Gasteiger partial charge is 0.250 e. The summed E-state index contributed by atoms with van der Waals surface area (Å²) in [5, 5.41) is 25.5. The van der Waals surface area contributed by atoms with Crippen LogP contribution in [0.2, 0.25) is 5.02 Å². The molecule has 0 aliphatic rings. The van der Waals surface area contributed by atoms with Crippen LogP contribution in [0, 0.1) is 11.3 Å². The third kappa shape index (κ3) is 4.01. The number of nitrogens with zero attached hydrogens (tertiary/aromatic N) is 5. The van der Waals surface area contributed by atoms with Crippen LogP contribution < -0.4 is 11.1 Å². The van der Waals surface area contributed by atoms with E-state index < -0.39 is 5.91 Å². The zero-order chi connectivity index (χ0) is 20.3. The maximum absolute atomic E-state index is 11.7. The van der Waals surface area contributed by atoms with Crippen molar-refractivity contribution in [3.63, 3.8) is 0 Å². The molecule has 1 heterocycles.